The van der Waals surface area contributed by atoms with Gasteiger partial charge >= 0.3 is 0 Å². The fraction of sp³-hybridized carbons (Fsp3) is 0.600. The van der Waals surface area contributed by atoms with Crippen molar-refractivity contribution in [2.45, 2.75) is 38.6 Å². The number of nitrogens with zero attached hydrogens (tertiary/aromatic N) is 2. The van der Waals surface area contributed by atoms with E-state index in [0.29, 0.717) is 11.6 Å². The number of anilines is 1. The van der Waals surface area contributed by atoms with Gasteiger partial charge in [-0.1, -0.05) is 13.3 Å². The van der Waals surface area contributed by atoms with Crippen LogP contribution in [0.2, 0.25) is 0 Å². The molecule has 1 saturated heterocycles. The molecular weight excluding hydrogens is 252 g/mol. The summed E-state index contributed by atoms with van der Waals surface area (Å²) in [4.78, 5) is 18.0. The molecule has 5 heteroatoms. The second-order valence-corrected chi connectivity index (χ2v) is 5.36. The van der Waals surface area contributed by atoms with Gasteiger partial charge in [0.15, 0.2) is 0 Å². The van der Waals surface area contributed by atoms with Crippen molar-refractivity contribution in [3.8, 4) is 0 Å². The highest BCUT2D eigenvalue weighted by Gasteiger charge is 2.19. The molecular formula is C15H24N4O. The first-order valence-electron chi connectivity index (χ1n) is 7.45. The summed E-state index contributed by atoms with van der Waals surface area (Å²) in [7, 11) is 0. The Morgan fingerprint density at radius 1 is 1.60 bits per heavy atom. The highest BCUT2D eigenvalue weighted by Crippen LogP contribution is 2.16. The molecule has 1 amide bonds. The summed E-state index contributed by atoms with van der Waals surface area (Å²) in [6.07, 6.45) is 6.37. The normalized spacial score (nSPS) is 18.1. The summed E-state index contributed by atoms with van der Waals surface area (Å²) in [5.41, 5.74) is 5.87. The number of carbonyl (C=O) groups is 1. The minimum Gasteiger partial charge on any atom is -0.366 e. The summed E-state index contributed by atoms with van der Waals surface area (Å²) in [5.74, 6) is 0.450. The van der Waals surface area contributed by atoms with Crippen molar-refractivity contribution in [3.05, 3.63) is 23.9 Å². The average Bonchev–Trinajstić information content (AvgIpc) is 2.96. The molecule has 1 atom stereocenters. The fourth-order valence-electron chi connectivity index (χ4n) is 2.57. The SMILES string of the molecule is CCCCN(CC1CCCN1)c1cc(C(N)=O)ccn1. The average molecular weight is 276 g/mol. The molecule has 5 nitrogen and oxygen atoms in total. The molecule has 0 aromatic carbocycles. The summed E-state index contributed by atoms with van der Waals surface area (Å²) < 4.78 is 0. The Morgan fingerprint density at radius 3 is 3.10 bits per heavy atom. The van der Waals surface area contributed by atoms with Crippen LogP contribution >= 0.6 is 0 Å². The van der Waals surface area contributed by atoms with Crippen molar-refractivity contribution in [1.82, 2.24) is 10.3 Å². The van der Waals surface area contributed by atoms with E-state index in [-0.39, 0.29) is 0 Å². The van der Waals surface area contributed by atoms with Crippen LogP contribution in [0.25, 0.3) is 0 Å². The number of hydrogen-bond donors (Lipinski definition) is 2. The van der Waals surface area contributed by atoms with Gasteiger partial charge in [0.2, 0.25) is 5.91 Å². The van der Waals surface area contributed by atoms with Gasteiger partial charge in [0, 0.05) is 30.9 Å². The Hall–Kier alpha value is -1.62. The number of amides is 1. The number of rotatable bonds is 7. The number of hydrogen-bond acceptors (Lipinski definition) is 4. The number of pyridine rings is 1. The van der Waals surface area contributed by atoms with E-state index in [1.165, 1.54) is 12.8 Å². The van der Waals surface area contributed by atoms with Gasteiger partial charge in [-0.3, -0.25) is 4.79 Å². The summed E-state index contributed by atoms with van der Waals surface area (Å²) >= 11 is 0. The van der Waals surface area contributed by atoms with Gasteiger partial charge in [-0.15, -0.1) is 0 Å². The van der Waals surface area contributed by atoms with Crippen LogP contribution in [0.5, 0.6) is 0 Å². The number of primary amides is 1. The van der Waals surface area contributed by atoms with Crippen LogP contribution in [0, 0.1) is 0 Å². The highest BCUT2D eigenvalue weighted by atomic mass is 16.1. The van der Waals surface area contributed by atoms with Crippen molar-refractivity contribution < 1.29 is 4.79 Å². The largest absolute Gasteiger partial charge is 0.366 e. The molecule has 1 aromatic heterocycles. The second kappa shape index (κ2) is 7.24. The lowest BCUT2D eigenvalue weighted by Crippen LogP contribution is -2.38. The smallest absolute Gasteiger partial charge is 0.248 e. The van der Waals surface area contributed by atoms with E-state index >= 15 is 0 Å². The predicted molar refractivity (Wildman–Crippen MR) is 80.9 cm³/mol. The lowest BCUT2D eigenvalue weighted by Gasteiger charge is -2.27. The maximum Gasteiger partial charge on any atom is 0.248 e. The Labute approximate surface area is 120 Å². The lowest BCUT2D eigenvalue weighted by atomic mass is 10.2. The Morgan fingerprint density at radius 2 is 2.45 bits per heavy atom. The molecule has 1 aliphatic heterocycles. The van der Waals surface area contributed by atoms with Crippen molar-refractivity contribution in [3.63, 3.8) is 0 Å². The number of carbonyl (C=O) groups excluding carboxylic acids is 1. The molecule has 1 fully saturated rings. The van der Waals surface area contributed by atoms with Crippen LogP contribution in [0.4, 0.5) is 5.82 Å². The molecule has 2 rings (SSSR count). The molecule has 20 heavy (non-hydrogen) atoms. The van der Waals surface area contributed by atoms with E-state index in [2.05, 4.69) is 22.1 Å². The van der Waals surface area contributed by atoms with Crippen LogP contribution < -0.4 is 16.0 Å². The van der Waals surface area contributed by atoms with Crippen molar-refractivity contribution in [2.75, 3.05) is 24.5 Å². The maximum atomic E-state index is 11.3. The first kappa shape index (κ1) is 14.8. The number of nitrogens with two attached hydrogens (primary N) is 1. The quantitative estimate of drug-likeness (QED) is 0.792. The van der Waals surface area contributed by atoms with E-state index in [0.717, 1.165) is 38.3 Å². The molecule has 1 aromatic rings. The monoisotopic (exact) mass is 276 g/mol. The van der Waals surface area contributed by atoms with Crippen LogP contribution in [-0.2, 0) is 0 Å². The van der Waals surface area contributed by atoms with Crippen LogP contribution in [-0.4, -0.2) is 36.6 Å². The number of nitrogens with one attached hydrogen (secondary N) is 1. The van der Waals surface area contributed by atoms with Gasteiger partial charge in [-0.25, -0.2) is 4.98 Å². The zero-order valence-corrected chi connectivity index (χ0v) is 12.1. The Bertz CT molecular complexity index is 443. The predicted octanol–water partition coefficient (Wildman–Crippen LogP) is 1.54. The zero-order chi connectivity index (χ0) is 14.4. The van der Waals surface area contributed by atoms with Crippen molar-refractivity contribution in [2.24, 2.45) is 5.73 Å². The molecule has 110 valence electrons. The van der Waals surface area contributed by atoms with Gasteiger partial charge in [-0.05, 0) is 37.9 Å². The zero-order valence-electron chi connectivity index (χ0n) is 12.1. The van der Waals surface area contributed by atoms with E-state index in [9.17, 15) is 4.79 Å². The highest BCUT2D eigenvalue weighted by molar-refractivity contribution is 5.93. The maximum absolute atomic E-state index is 11.3. The third-order valence-corrected chi connectivity index (χ3v) is 3.74. The topological polar surface area (TPSA) is 71.2 Å². The first-order chi connectivity index (χ1) is 9.70. The van der Waals surface area contributed by atoms with Crippen molar-refractivity contribution >= 4 is 11.7 Å². The molecule has 0 saturated carbocycles. The van der Waals surface area contributed by atoms with E-state index in [4.69, 9.17) is 5.73 Å². The van der Waals surface area contributed by atoms with Crippen LogP contribution in [0.1, 0.15) is 43.0 Å². The van der Waals surface area contributed by atoms with E-state index in [1.807, 2.05) is 0 Å². The molecule has 3 N–H and O–H groups in total. The molecule has 2 heterocycles. The van der Waals surface area contributed by atoms with Gasteiger partial charge < -0.3 is 16.0 Å². The number of aromatic nitrogens is 1. The van der Waals surface area contributed by atoms with E-state index < -0.39 is 5.91 Å². The van der Waals surface area contributed by atoms with Crippen LogP contribution in [0.15, 0.2) is 18.3 Å². The van der Waals surface area contributed by atoms with Gasteiger partial charge in [0.05, 0.1) is 0 Å². The molecule has 0 radical (unpaired) electrons. The third-order valence-electron chi connectivity index (χ3n) is 3.74. The lowest BCUT2D eigenvalue weighted by molar-refractivity contribution is 0.1000. The van der Waals surface area contributed by atoms with Crippen LogP contribution in [0.3, 0.4) is 0 Å². The Kier molecular flexibility index (Phi) is 5.35. The summed E-state index contributed by atoms with van der Waals surface area (Å²) in [6, 6.07) is 3.98. The van der Waals surface area contributed by atoms with Gasteiger partial charge in [-0.2, -0.15) is 0 Å². The standard InChI is InChI=1S/C15H24N4O/c1-2-3-9-19(11-13-5-4-7-17-13)14-10-12(15(16)20)6-8-18-14/h6,8,10,13,17H,2-5,7,9,11H2,1H3,(H2,16,20). The van der Waals surface area contributed by atoms with Gasteiger partial charge in [0.25, 0.3) is 0 Å². The van der Waals surface area contributed by atoms with Crippen molar-refractivity contribution in [1.29, 1.82) is 0 Å². The fourth-order valence-corrected chi connectivity index (χ4v) is 2.57. The first-order valence-corrected chi connectivity index (χ1v) is 7.45. The number of unbranched alkanes of at least 4 members (excludes halogenated alkanes) is 1. The molecule has 0 bridgehead atoms. The molecule has 0 aliphatic carbocycles. The minimum absolute atomic E-state index is 0.400. The molecule has 1 unspecified atom stereocenters. The molecule has 0 spiro atoms. The third kappa shape index (κ3) is 3.93. The Balaban J connectivity index is 2.11. The van der Waals surface area contributed by atoms with Gasteiger partial charge in [0.1, 0.15) is 5.82 Å². The summed E-state index contributed by atoms with van der Waals surface area (Å²) in [6.45, 7) is 5.18. The second-order valence-electron chi connectivity index (χ2n) is 5.36. The summed E-state index contributed by atoms with van der Waals surface area (Å²) in [5, 5.41) is 3.51. The minimum atomic E-state index is -0.400. The van der Waals surface area contributed by atoms with E-state index in [1.54, 1.807) is 18.3 Å². The molecule has 1 aliphatic rings.